The van der Waals surface area contributed by atoms with Crippen LogP contribution in [0, 0.1) is 0 Å². The van der Waals surface area contributed by atoms with Crippen molar-refractivity contribution in [1.29, 1.82) is 0 Å². The summed E-state index contributed by atoms with van der Waals surface area (Å²) < 4.78 is 4.58. The third-order valence-corrected chi connectivity index (χ3v) is 1.44. The number of rotatable bonds is 0. The summed E-state index contributed by atoms with van der Waals surface area (Å²) >= 11 is 0. The smallest absolute Gasteiger partial charge is 0.344 e. The standard InChI is InChI=1S/C6H8O3/c1-3-4(2)9-6(8)5(3)7/h5,7H,1-2H3. The average molecular weight is 128 g/mol. The van der Waals surface area contributed by atoms with Gasteiger partial charge in [0.25, 0.3) is 0 Å². The second kappa shape index (κ2) is 1.84. The lowest BCUT2D eigenvalue weighted by Gasteiger charge is -1.93. The molecular weight excluding hydrogens is 120 g/mol. The van der Waals surface area contributed by atoms with E-state index in [-0.39, 0.29) is 0 Å². The second-order valence-corrected chi connectivity index (χ2v) is 2.06. The molecule has 0 radical (unpaired) electrons. The summed E-state index contributed by atoms with van der Waals surface area (Å²) in [7, 11) is 0. The lowest BCUT2D eigenvalue weighted by molar-refractivity contribution is -0.143. The van der Waals surface area contributed by atoms with E-state index in [0.29, 0.717) is 11.3 Å². The first-order chi connectivity index (χ1) is 4.13. The van der Waals surface area contributed by atoms with Gasteiger partial charge in [-0.15, -0.1) is 0 Å². The maximum Gasteiger partial charge on any atom is 0.344 e. The van der Waals surface area contributed by atoms with E-state index in [2.05, 4.69) is 4.74 Å². The fourth-order valence-corrected chi connectivity index (χ4v) is 0.657. The molecule has 9 heavy (non-hydrogen) atoms. The zero-order valence-electron chi connectivity index (χ0n) is 5.34. The molecule has 1 heterocycles. The molecule has 0 aliphatic carbocycles. The van der Waals surface area contributed by atoms with Gasteiger partial charge in [-0.25, -0.2) is 4.79 Å². The fraction of sp³-hybridized carbons (Fsp3) is 0.500. The number of esters is 1. The Labute approximate surface area is 52.9 Å². The normalized spacial score (nSPS) is 27.0. The molecule has 3 heteroatoms. The first-order valence-corrected chi connectivity index (χ1v) is 2.70. The number of aliphatic hydroxyl groups excluding tert-OH is 1. The highest BCUT2D eigenvalue weighted by atomic mass is 16.6. The Morgan fingerprint density at radius 3 is 2.22 bits per heavy atom. The minimum Gasteiger partial charge on any atom is -0.429 e. The minimum atomic E-state index is -1.02. The van der Waals surface area contributed by atoms with Crippen molar-refractivity contribution in [3.8, 4) is 0 Å². The zero-order valence-corrected chi connectivity index (χ0v) is 5.34. The van der Waals surface area contributed by atoms with Crippen LogP contribution in [0.15, 0.2) is 11.3 Å². The highest BCUT2D eigenvalue weighted by Crippen LogP contribution is 2.18. The van der Waals surface area contributed by atoms with Crippen molar-refractivity contribution in [3.63, 3.8) is 0 Å². The summed E-state index contributed by atoms with van der Waals surface area (Å²) in [6.07, 6.45) is -1.02. The monoisotopic (exact) mass is 128 g/mol. The molecule has 50 valence electrons. The van der Waals surface area contributed by atoms with Crippen molar-refractivity contribution >= 4 is 5.97 Å². The van der Waals surface area contributed by atoms with Crippen molar-refractivity contribution < 1.29 is 14.6 Å². The fourth-order valence-electron chi connectivity index (χ4n) is 0.657. The summed E-state index contributed by atoms with van der Waals surface area (Å²) in [6, 6.07) is 0. The molecule has 1 aliphatic heterocycles. The number of aliphatic hydroxyl groups is 1. The topological polar surface area (TPSA) is 46.5 Å². The first kappa shape index (κ1) is 6.29. The largest absolute Gasteiger partial charge is 0.429 e. The van der Waals surface area contributed by atoms with Gasteiger partial charge in [-0.2, -0.15) is 0 Å². The van der Waals surface area contributed by atoms with E-state index < -0.39 is 12.1 Å². The van der Waals surface area contributed by atoms with Gasteiger partial charge in [-0.05, 0) is 13.8 Å². The van der Waals surface area contributed by atoms with E-state index >= 15 is 0 Å². The summed E-state index contributed by atoms with van der Waals surface area (Å²) in [5.74, 6) is -0.0440. The number of carbonyl (C=O) groups excluding carboxylic acids is 1. The Balaban J connectivity index is 2.87. The van der Waals surface area contributed by atoms with Crippen LogP contribution in [-0.2, 0) is 9.53 Å². The lowest BCUT2D eigenvalue weighted by Crippen LogP contribution is -2.15. The lowest BCUT2D eigenvalue weighted by atomic mass is 10.2. The van der Waals surface area contributed by atoms with Crippen LogP contribution in [0.3, 0.4) is 0 Å². The van der Waals surface area contributed by atoms with Crippen LogP contribution in [0.1, 0.15) is 13.8 Å². The van der Waals surface area contributed by atoms with E-state index in [1.54, 1.807) is 13.8 Å². The van der Waals surface area contributed by atoms with E-state index in [9.17, 15) is 4.79 Å². The molecular formula is C6H8O3. The minimum absolute atomic E-state index is 0.521. The Bertz CT molecular complexity index is 181. The van der Waals surface area contributed by atoms with Gasteiger partial charge >= 0.3 is 5.97 Å². The summed E-state index contributed by atoms with van der Waals surface area (Å²) in [4.78, 5) is 10.5. The van der Waals surface area contributed by atoms with Gasteiger partial charge in [0.1, 0.15) is 5.76 Å². The molecule has 0 fully saturated rings. The van der Waals surface area contributed by atoms with Gasteiger partial charge in [0.15, 0.2) is 6.10 Å². The molecule has 1 unspecified atom stereocenters. The van der Waals surface area contributed by atoms with E-state index in [1.165, 1.54) is 0 Å². The number of carbonyl (C=O) groups is 1. The average Bonchev–Trinajstić information content (AvgIpc) is 1.98. The predicted octanol–water partition coefficient (Wildman–Crippen LogP) is 0.198. The number of hydrogen-bond acceptors (Lipinski definition) is 3. The van der Waals surface area contributed by atoms with Crippen molar-refractivity contribution in [2.24, 2.45) is 0 Å². The molecule has 1 atom stereocenters. The quantitative estimate of drug-likeness (QED) is 0.474. The first-order valence-electron chi connectivity index (χ1n) is 2.70. The molecule has 0 spiro atoms. The van der Waals surface area contributed by atoms with Crippen LogP contribution < -0.4 is 0 Å². The highest BCUT2D eigenvalue weighted by Gasteiger charge is 2.28. The molecule has 0 saturated carbocycles. The van der Waals surface area contributed by atoms with Crippen LogP contribution in [0.5, 0.6) is 0 Å². The number of allylic oxidation sites excluding steroid dienone is 1. The summed E-state index contributed by atoms with van der Waals surface area (Å²) in [5, 5.41) is 8.90. The van der Waals surface area contributed by atoms with Gasteiger partial charge in [0, 0.05) is 5.57 Å². The van der Waals surface area contributed by atoms with Gasteiger partial charge in [0.05, 0.1) is 0 Å². The van der Waals surface area contributed by atoms with Crippen LogP contribution in [0.2, 0.25) is 0 Å². The number of ether oxygens (including phenoxy) is 1. The van der Waals surface area contributed by atoms with Crippen molar-refractivity contribution in [2.75, 3.05) is 0 Å². The molecule has 3 nitrogen and oxygen atoms in total. The van der Waals surface area contributed by atoms with Crippen LogP contribution in [0.4, 0.5) is 0 Å². The number of cyclic esters (lactones) is 1. The van der Waals surface area contributed by atoms with Crippen molar-refractivity contribution in [1.82, 2.24) is 0 Å². The van der Waals surface area contributed by atoms with E-state index in [4.69, 9.17) is 5.11 Å². The maximum absolute atomic E-state index is 10.5. The zero-order chi connectivity index (χ0) is 7.02. The Morgan fingerprint density at radius 2 is 2.11 bits per heavy atom. The van der Waals surface area contributed by atoms with E-state index in [0.717, 1.165) is 0 Å². The summed E-state index contributed by atoms with van der Waals surface area (Å²) in [5.41, 5.74) is 0.611. The van der Waals surface area contributed by atoms with Crippen LogP contribution >= 0.6 is 0 Å². The Hall–Kier alpha value is -0.830. The molecule has 0 amide bonds. The number of hydrogen-bond donors (Lipinski definition) is 1. The van der Waals surface area contributed by atoms with Gasteiger partial charge in [-0.1, -0.05) is 0 Å². The molecule has 0 bridgehead atoms. The summed E-state index contributed by atoms with van der Waals surface area (Å²) in [6.45, 7) is 3.33. The van der Waals surface area contributed by atoms with Gasteiger partial charge in [-0.3, -0.25) is 0 Å². The molecule has 1 N–H and O–H groups in total. The second-order valence-electron chi connectivity index (χ2n) is 2.06. The van der Waals surface area contributed by atoms with Gasteiger partial charge < -0.3 is 9.84 Å². The van der Waals surface area contributed by atoms with Crippen LogP contribution in [-0.4, -0.2) is 17.2 Å². The Morgan fingerprint density at radius 1 is 1.56 bits per heavy atom. The highest BCUT2D eigenvalue weighted by molar-refractivity contribution is 5.81. The van der Waals surface area contributed by atoms with Crippen LogP contribution in [0.25, 0.3) is 0 Å². The molecule has 0 saturated heterocycles. The van der Waals surface area contributed by atoms with E-state index in [1.807, 2.05) is 0 Å². The third-order valence-electron chi connectivity index (χ3n) is 1.44. The SMILES string of the molecule is CC1=C(C)C(O)C(=O)O1. The maximum atomic E-state index is 10.5. The molecule has 0 aromatic rings. The molecule has 0 aromatic carbocycles. The molecule has 1 aliphatic rings. The third kappa shape index (κ3) is 0.833. The van der Waals surface area contributed by atoms with Crippen molar-refractivity contribution in [3.05, 3.63) is 11.3 Å². The molecule has 0 aromatic heterocycles. The van der Waals surface area contributed by atoms with Crippen molar-refractivity contribution in [2.45, 2.75) is 20.0 Å². The van der Waals surface area contributed by atoms with Gasteiger partial charge in [0.2, 0.25) is 0 Å². The molecule has 1 rings (SSSR count). The Kier molecular flexibility index (Phi) is 1.29. The predicted molar refractivity (Wildman–Crippen MR) is 30.5 cm³/mol.